The van der Waals surface area contributed by atoms with Crippen LogP contribution in [-0.2, 0) is 0 Å². The number of likely N-dealkylation sites (tertiary alicyclic amines) is 1. The van der Waals surface area contributed by atoms with Crippen LogP contribution in [0.2, 0.25) is 0 Å². The molecule has 2 atom stereocenters. The quantitative estimate of drug-likeness (QED) is 0.927. The van der Waals surface area contributed by atoms with Crippen LogP contribution < -0.4 is 15.2 Å². The van der Waals surface area contributed by atoms with Gasteiger partial charge in [0, 0.05) is 23.7 Å². The van der Waals surface area contributed by atoms with E-state index in [9.17, 15) is 4.39 Å². The second-order valence-electron chi connectivity index (χ2n) is 5.84. The Morgan fingerprint density at radius 3 is 2.29 bits per heavy atom. The van der Waals surface area contributed by atoms with Crippen LogP contribution in [0.3, 0.4) is 0 Å². The Morgan fingerprint density at radius 2 is 1.81 bits per heavy atom. The zero-order valence-electron chi connectivity index (χ0n) is 13.5. The van der Waals surface area contributed by atoms with Crippen molar-refractivity contribution in [1.82, 2.24) is 4.90 Å². The van der Waals surface area contributed by atoms with Crippen molar-refractivity contribution < 1.29 is 13.9 Å². The summed E-state index contributed by atoms with van der Waals surface area (Å²) in [6.45, 7) is 5.09. The molecule has 0 aromatic heterocycles. The highest BCUT2D eigenvalue weighted by Gasteiger charge is 2.35. The molecule has 0 aliphatic carbocycles. The van der Waals surface area contributed by atoms with E-state index in [0.717, 1.165) is 18.5 Å². The predicted octanol–water partition coefficient (Wildman–Crippen LogP) is 2.41. The lowest BCUT2D eigenvalue weighted by Gasteiger charge is -2.26. The van der Waals surface area contributed by atoms with E-state index in [4.69, 9.17) is 15.2 Å². The van der Waals surface area contributed by atoms with E-state index in [1.54, 1.807) is 21.1 Å². The lowest BCUT2D eigenvalue weighted by molar-refractivity contribution is 0.292. The van der Waals surface area contributed by atoms with E-state index < -0.39 is 0 Å². The maximum Gasteiger partial charge on any atom is 0.166 e. The van der Waals surface area contributed by atoms with Gasteiger partial charge in [-0.15, -0.1) is 0 Å². The molecule has 2 N–H and O–H groups in total. The van der Waals surface area contributed by atoms with Crippen molar-refractivity contribution in [3.8, 4) is 11.5 Å². The molecule has 1 aromatic rings. The fourth-order valence-corrected chi connectivity index (χ4v) is 3.43. The minimum Gasteiger partial charge on any atom is -0.492 e. The van der Waals surface area contributed by atoms with Gasteiger partial charge < -0.3 is 15.2 Å². The van der Waals surface area contributed by atoms with Gasteiger partial charge in [-0.2, -0.15) is 0 Å². The summed E-state index contributed by atoms with van der Waals surface area (Å²) in [6, 6.07) is 0.109. The highest BCUT2D eigenvalue weighted by Crippen LogP contribution is 2.46. The molecule has 2 unspecified atom stereocenters. The summed E-state index contributed by atoms with van der Waals surface area (Å²) >= 11 is 0. The van der Waals surface area contributed by atoms with Gasteiger partial charge in [0.15, 0.2) is 11.5 Å². The van der Waals surface area contributed by atoms with Crippen LogP contribution in [0.15, 0.2) is 0 Å². The number of nitrogens with two attached hydrogens (primary N) is 1. The van der Waals surface area contributed by atoms with Gasteiger partial charge in [0.1, 0.15) is 5.82 Å². The van der Waals surface area contributed by atoms with Gasteiger partial charge >= 0.3 is 0 Å². The molecular weight excluding hydrogens is 271 g/mol. The number of hydrogen-bond donors (Lipinski definition) is 1. The highest BCUT2D eigenvalue weighted by molar-refractivity contribution is 5.57. The molecule has 0 radical (unpaired) electrons. The number of methoxy groups -OCH3 is 2. The lowest BCUT2D eigenvalue weighted by atomic mass is 9.92. The Bertz CT molecular complexity index is 534. The van der Waals surface area contributed by atoms with E-state index in [1.807, 2.05) is 14.0 Å². The fraction of sp³-hybridized carbons (Fsp3) is 0.625. The van der Waals surface area contributed by atoms with Crippen molar-refractivity contribution in [1.29, 1.82) is 0 Å². The van der Waals surface area contributed by atoms with E-state index in [1.165, 1.54) is 0 Å². The Morgan fingerprint density at radius 1 is 1.19 bits per heavy atom. The number of ether oxygens (including phenoxy) is 2. The first-order valence-corrected chi connectivity index (χ1v) is 7.27. The average molecular weight is 296 g/mol. The zero-order valence-corrected chi connectivity index (χ0v) is 13.5. The van der Waals surface area contributed by atoms with E-state index in [-0.39, 0.29) is 11.9 Å². The summed E-state index contributed by atoms with van der Waals surface area (Å²) in [4.78, 5) is 2.22. The monoisotopic (exact) mass is 296 g/mol. The predicted molar refractivity (Wildman–Crippen MR) is 81.5 cm³/mol. The highest BCUT2D eigenvalue weighted by atomic mass is 19.1. The van der Waals surface area contributed by atoms with Crippen molar-refractivity contribution in [3.05, 3.63) is 22.5 Å². The van der Waals surface area contributed by atoms with Gasteiger partial charge in [-0.1, -0.05) is 0 Å². The second kappa shape index (κ2) is 6.20. The smallest absolute Gasteiger partial charge is 0.166 e. The van der Waals surface area contributed by atoms with Crippen molar-refractivity contribution in [3.63, 3.8) is 0 Å². The van der Waals surface area contributed by atoms with Crippen molar-refractivity contribution in [2.45, 2.75) is 26.3 Å². The number of rotatable bonds is 4. The first-order valence-electron chi connectivity index (χ1n) is 7.27. The van der Waals surface area contributed by atoms with E-state index in [0.29, 0.717) is 35.1 Å². The summed E-state index contributed by atoms with van der Waals surface area (Å²) in [6.07, 6.45) is 0.913. The number of benzene rings is 1. The molecule has 1 fully saturated rings. The molecule has 0 amide bonds. The molecule has 1 aromatic carbocycles. The first kappa shape index (κ1) is 16.0. The van der Waals surface area contributed by atoms with E-state index >= 15 is 0 Å². The fourth-order valence-electron chi connectivity index (χ4n) is 3.43. The Kier molecular flexibility index (Phi) is 4.74. The normalized spacial score (nSPS) is 22.6. The van der Waals surface area contributed by atoms with Crippen LogP contribution in [0.1, 0.15) is 29.2 Å². The second-order valence-corrected chi connectivity index (χ2v) is 5.84. The van der Waals surface area contributed by atoms with E-state index in [2.05, 4.69) is 4.90 Å². The topological polar surface area (TPSA) is 47.7 Å². The summed E-state index contributed by atoms with van der Waals surface area (Å²) in [5, 5.41) is 0. The van der Waals surface area contributed by atoms with Crippen molar-refractivity contribution in [2.75, 3.05) is 34.4 Å². The minimum atomic E-state index is -0.216. The molecule has 21 heavy (non-hydrogen) atoms. The zero-order chi connectivity index (χ0) is 15.7. The maximum atomic E-state index is 14.5. The molecule has 2 rings (SSSR count). The summed E-state index contributed by atoms with van der Waals surface area (Å²) in [7, 11) is 5.20. The molecule has 1 saturated heterocycles. The van der Waals surface area contributed by atoms with Crippen LogP contribution in [-0.4, -0.2) is 39.3 Å². The van der Waals surface area contributed by atoms with Crippen LogP contribution in [0, 0.1) is 25.6 Å². The molecular formula is C16H25FN2O2. The molecule has 5 heteroatoms. The molecule has 0 spiro atoms. The maximum absolute atomic E-state index is 14.5. The lowest BCUT2D eigenvalue weighted by Crippen LogP contribution is -2.22. The summed E-state index contributed by atoms with van der Waals surface area (Å²) in [5.41, 5.74) is 7.81. The average Bonchev–Trinajstić information content (AvgIpc) is 2.85. The van der Waals surface area contributed by atoms with Crippen LogP contribution in [0.4, 0.5) is 4.39 Å². The van der Waals surface area contributed by atoms with Gasteiger partial charge in [0.25, 0.3) is 0 Å². The molecule has 4 nitrogen and oxygen atoms in total. The number of nitrogens with zero attached hydrogens (tertiary/aromatic N) is 1. The number of halogens is 1. The number of hydrogen-bond acceptors (Lipinski definition) is 4. The van der Waals surface area contributed by atoms with Gasteiger partial charge in [-0.05, 0) is 45.3 Å². The van der Waals surface area contributed by atoms with Gasteiger partial charge in [-0.3, -0.25) is 4.90 Å². The Balaban J connectivity index is 2.60. The third kappa shape index (κ3) is 2.60. The molecule has 0 bridgehead atoms. The van der Waals surface area contributed by atoms with Crippen molar-refractivity contribution in [2.24, 2.45) is 11.7 Å². The Hall–Kier alpha value is -1.33. The minimum absolute atomic E-state index is 0.109. The van der Waals surface area contributed by atoms with Gasteiger partial charge in [0.05, 0.1) is 14.2 Å². The van der Waals surface area contributed by atoms with Crippen LogP contribution in [0.5, 0.6) is 11.5 Å². The molecule has 1 aliphatic heterocycles. The standard InChI is InChI=1S/C16H25FN2O2/c1-9-13(12-6-11(7-18)8-19(12)3)16(21-5)15(20-4)10(2)14(9)17/h11-12H,6-8,18H2,1-5H3. The summed E-state index contributed by atoms with van der Waals surface area (Å²) in [5.74, 6) is 1.34. The van der Waals surface area contributed by atoms with Crippen molar-refractivity contribution >= 4 is 0 Å². The summed E-state index contributed by atoms with van der Waals surface area (Å²) < 4.78 is 25.5. The van der Waals surface area contributed by atoms with Crippen LogP contribution >= 0.6 is 0 Å². The van der Waals surface area contributed by atoms with Gasteiger partial charge in [-0.25, -0.2) is 4.39 Å². The van der Waals surface area contributed by atoms with Gasteiger partial charge in [0.2, 0.25) is 0 Å². The first-order chi connectivity index (χ1) is 9.96. The largest absolute Gasteiger partial charge is 0.492 e. The molecule has 1 aliphatic rings. The Labute approximate surface area is 126 Å². The third-order valence-corrected chi connectivity index (χ3v) is 4.56. The molecule has 0 saturated carbocycles. The SMILES string of the molecule is COc1c(C)c(F)c(C)c(C2CC(CN)CN2C)c1OC. The van der Waals surface area contributed by atoms with Crippen LogP contribution in [0.25, 0.3) is 0 Å². The molecule has 1 heterocycles. The third-order valence-electron chi connectivity index (χ3n) is 4.56. The molecule has 118 valence electrons.